The first-order valence-corrected chi connectivity index (χ1v) is 16.8. The van der Waals surface area contributed by atoms with Crippen LogP contribution in [-0.4, -0.2) is 26.0 Å². The highest BCUT2D eigenvalue weighted by Crippen LogP contribution is 2.54. The molecule has 50 heavy (non-hydrogen) atoms. The molecule has 0 saturated carbocycles. The molecular weight excluding hydrogens is 615 g/mol. The lowest BCUT2D eigenvalue weighted by molar-refractivity contribution is 0.584. The predicted octanol–water partition coefficient (Wildman–Crippen LogP) is 10.4. The van der Waals surface area contributed by atoms with Gasteiger partial charge in [-0.1, -0.05) is 109 Å². The zero-order valence-electron chi connectivity index (χ0n) is 26.9. The van der Waals surface area contributed by atoms with Gasteiger partial charge in [0.1, 0.15) is 17.0 Å². The molecule has 2 unspecified atom stereocenters. The number of nitrogens with zero attached hydrogens (tertiary/aromatic N) is 5. The number of hydrogen-bond donors (Lipinski definition) is 0. The number of pyridine rings is 1. The molecule has 2 atom stereocenters. The van der Waals surface area contributed by atoms with Gasteiger partial charge in [-0.3, -0.25) is 4.98 Å². The minimum atomic E-state index is 0.0490. The summed E-state index contributed by atoms with van der Waals surface area (Å²) in [4.78, 5) is 22.3. The second-order valence-corrected chi connectivity index (χ2v) is 12.6. The summed E-state index contributed by atoms with van der Waals surface area (Å²) in [5.41, 5.74) is 10.3. The zero-order chi connectivity index (χ0) is 33.0. The Balaban J connectivity index is 1.18. The molecule has 3 aromatic heterocycles. The summed E-state index contributed by atoms with van der Waals surface area (Å²) in [7, 11) is 0. The summed E-state index contributed by atoms with van der Waals surface area (Å²) >= 11 is 0. The predicted molar refractivity (Wildman–Crippen MR) is 199 cm³/mol. The van der Waals surface area contributed by atoms with Crippen molar-refractivity contribution in [3.8, 4) is 45.4 Å². The van der Waals surface area contributed by atoms with Gasteiger partial charge in [0, 0.05) is 45.6 Å². The molecule has 0 amide bonds. The molecule has 0 fully saturated rings. The standard InChI is InChI=1S/C44H29N5O/c1-3-13-28(14-4-1)29-15-11-16-30(27-29)42-46-43(48-44(47-42)34-21-9-10-26-45-34)33-20-12-23-37-40(33)41-38(50-37)25-24-36-39(41)32-19-7-8-22-35(32)49(36)31-17-5-2-6-18-31/h1-27,36,39H. The maximum Gasteiger partial charge on any atom is 0.182 e. The number of rotatable bonds is 5. The van der Waals surface area contributed by atoms with Crippen LogP contribution in [0.1, 0.15) is 22.8 Å². The van der Waals surface area contributed by atoms with Gasteiger partial charge in [-0.05, 0) is 65.2 Å². The topological polar surface area (TPSA) is 67.9 Å². The Morgan fingerprint density at radius 1 is 0.580 bits per heavy atom. The van der Waals surface area contributed by atoms with E-state index in [1.54, 1.807) is 6.20 Å². The van der Waals surface area contributed by atoms with E-state index >= 15 is 0 Å². The molecule has 6 heteroatoms. The number of furan rings is 1. The highest BCUT2D eigenvalue weighted by atomic mass is 16.3. The van der Waals surface area contributed by atoms with Crippen LogP contribution in [0.25, 0.3) is 62.5 Å². The van der Waals surface area contributed by atoms with Gasteiger partial charge in [0.05, 0.1) is 6.04 Å². The van der Waals surface area contributed by atoms with Gasteiger partial charge in [0.2, 0.25) is 0 Å². The van der Waals surface area contributed by atoms with Crippen LogP contribution in [0.5, 0.6) is 0 Å². The highest BCUT2D eigenvalue weighted by Gasteiger charge is 2.43. The van der Waals surface area contributed by atoms with Gasteiger partial charge >= 0.3 is 0 Å². The van der Waals surface area contributed by atoms with E-state index in [9.17, 15) is 0 Å². The molecule has 10 rings (SSSR count). The van der Waals surface area contributed by atoms with Gasteiger partial charge in [-0.15, -0.1) is 0 Å². The summed E-state index contributed by atoms with van der Waals surface area (Å²) in [6, 6.07) is 50.1. The van der Waals surface area contributed by atoms with E-state index in [-0.39, 0.29) is 12.0 Å². The van der Waals surface area contributed by atoms with E-state index in [1.165, 1.54) is 11.3 Å². The lowest BCUT2D eigenvalue weighted by Gasteiger charge is -2.30. The van der Waals surface area contributed by atoms with E-state index in [0.29, 0.717) is 23.2 Å². The molecule has 0 saturated heterocycles. The number of hydrogen-bond acceptors (Lipinski definition) is 6. The molecule has 6 nitrogen and oxygen atoms in total. The van der Waals surface area contributed by atoms with E-state index in [2.05, 4.69) is 131 Å². The van der Waals surface area contributed by atoms with Crippen molar-refractivity contribution in [1.82, 2.24) is 19.9 Å². The smallest absolute Gasteiger partial charge is 0.182 e. The Bertz CT molecular complexity index is 2560. The fourth-order valence-electron chi connectivity index (χ4n) is 7.59. The minimum Gasteiger partial charge on any atom is -0.456 e. The summed E-state index contributed by atoms with van der Waals surface area (Å²) in [6.07, 6.45) is 6.18. The molecule has 236 valence electrons. The van der Waals surface area contributed by atoms with E-state index in [1.807, 2.05) is 36.4 Å². The average Bonchev–Trinajstić information content (AvgIpc) is 3.74. The number of anilines is 2. The molecule has 1 aliphatic carbocycles. The second kappa shape index (κ2) is 11.5. The monoisotopic (exact) mass is 643 g/mol. The van der Waals surface area contributed by atoms with Gasteiger partial charge in [0.15, 0.2) is 17.5 Å². The maximum atomic E-state index is 6.62. The van der Waals surface area contributed by atoms with Crippen LogP contribution in [0.15, 0.2) is 162 Å². The van der Waals surface area contributed by atoms with E-state index < -0.39 is 0 Å². The summed E-state index contributed by atoms with van der Waals surface area (Å²) < 4.78 is 6.62. The average molecular weight is 644 g/mol. The Kier molecular flexibility index (Phi) is 6.52. The van der Waals surface area contributed by atoms with Crippen LogP contribution in [0, 0.1) is 0 Å². The molecule has 2 aliphatic rings. The molecule has 8 aromatic rings. The van der Waals surface area contributed by atoms with Gasteiger partial charge < -0.3 is 9.32 Å². The van der Waals surface area contributed by atoms with Crippen molar-refractivity contribution < 1.29 is 4.42 Å². The second-order valence-electron chi connectivity index (χ2n) is 12.6. The molecular formula is C44H29N5O. The maximum absolute atomic E-state index is 6.62. The quantitative estimate of drug-likeness (QED) is 0.186. The van der Waals surface area contributed by atoms with Crippen molar-refractivity contribution in [2.75, 3.05) is 4.90 Å². The lowest BCUT2D eigenvalue weighted by Crippen LogP contribution is -2.30. The molecule has 0 spiro atoms. The van der Waals surface area contributed by atoms with Crippen LogP contribution in [-0.2, 0) is 0 Å². The van der Waals surface area contributed by atoms with Crippen molar-refractivity contribution in [3.63, 3.8) is 0 Å². The third-order valence-corrected chi connectivity index (χ3v) is 9.74. The van der Waals surface area contributed by atoms with Crippen molar-refractivity contribution in [2.24, 2.45) is 0 Å². The lowest BCUT2D eigenvalue weighted by atomic mass is 9.82. The van der Waals surface area contributed by atoms with Crippen LogP contribution in [0.3, 0.4) is 0 Å². The van der Waals surface area contributed by atoms with Crippen LogP contribution in [0.4, 0.5) is 11.4 Å². The first-order chi connectivity index (χ1) is 24.8. The first-order valence-electron chi connectivity index (χ1n) is 16.8. The number of fused-ring (bicyclic) bond motifs is 7. The van der Waals surface area contributed by atoms with Crippen molar-refractivity contribution in [2.45, 2.75) is 12.0 Å². The summed E-state index contributed by atoms with van der Waals surface area (Å²) in [5.74, 6) is 2.60. The minimum absolute atomic E-state index is 0.0490. The van der Waals surface area contributed by atoms with Crippen LogP contribution >= 0.6 is 0 Å². The summed E-state index contributed by atoms with van der Waals surface area (Å²) in [5, 5.41) is 1.02. The highest BCUT2D eigenvalue weighted by molar-refractivity contribution is 5.99. The molecule has 0 bridgehead atoms. The normalized spacial score (nSPS) is 15.9. The molecule has 0 radical (unpaired) electrons. The Hall–Kier alpha value is -6.66. The molecule has 5 aromatic carbocycles. The fraction of sp³-hybridized carbons (Fsp3) is 0.0455. The van der Waals surface area contributed by atoms with E-state index in [0.717, 1.165) is 50.2 Å². The van der Waals surface area contributed by atoms with Crippen molar-refractivity contribution >= 4 is 28.4 Å². The Morgan fingerprint density at radius 2 is 1.30 bits per heavy atom. The van der Waals surface area contributed by atoms with Crippen molar-refractivity contribution in [1.29, 1.82) is 0 Å². The Morgan fingerprint density at radius 3 is 2.16 bits per heavy atom. The van der Waals surface area contributed by atoms with Crippen LogP contribution in [0.2, 0.25) is 0 Å². The molecule has 4 heterocycles. The van der Waals surface area contributed by atoms with Gasteiger partial charge in [0.25, 0.3) is 0 Å². The van der Waals surface area contributed by atoms with Gasteiger partial charge in [-0.2, -0.15) is 0 Å². The van der Waals surface area contributed by atoms with Gasteiger partial charge in [-0.25, -0.2) is 15.0 Å². The van der Waals surface area contributed by atoms with Crippen LogP contribution < -0.4 is 4.90 Å². The summed E-state index contributed by atoms with van der Waals surface area (Å²) in [6.45, 7) is 0. The molecule has 1 aliphatic heterocycles. The van der Waals surface area contributed by atoms with E-state index in [4.69, 9.17) is 19.4 Å². The molecule has 0 N–H and O–H groups in total. The Labute approximate surface area is 289 Å². The van der Waals surface area contributed by atoms with Crippen molar-refractivity contribution in [3.05, 3.63) is 175 Å². The SMILES string of the molecule is C1=CC2C(c3ccccc3N2c2ccccc2)c2c1oc1cccc(-c3nc(-c4cccc(-c5ccccc5)c4)nc(-c4ccccn4)n3)c21. The number of para-hydroxylation sites is 2. The third kappa shape index (κ3) is 4.57. The fourth-order valence-corrected chi connectivity index (χ4v) is 7.59. The first kappa shape index (κ1) is 28.4. The number of benzene rings is 5. The number of aromatic nitrogens is 4. The zero-order valence-corrected chi connectivity index (χ0v) is 26.9. The third-order valence-electron chi connectivity index (χ3n) is 9.74. The largest absolute Gasteiger partial charge is 0.456 e.